The van der Waals surface area contributed by atoms with E-state index in [0.29, 0.717) is 6.42 Å². The fourth-order valence-electron chi connectivity index (χ4n) is 9.94. The summed E-state index contributed by atoms with van der Waals surface area (Å²) in [7, 11) is 0. The van der Waals surface area contributed by atoms with Crippen molar-refractivity contribution in [3.05, 3.63) is 23.3 Å². The van der Waals surface area contributed by atoms with Crippen molar-refractivity contribution < 1.29 is 29.4 Å². The molecule has 1 saturated carbocycles. The maximum absolute atomic E-state index is 12.6. The van der Waals surface area contributed by atoms with Gasteiger partial charge >= 0.3 is 11.9 Å². The maximum atomic E-state index is 12.6. The number of aliphatic carboxylic acids is 2. The van der Waals surface area contributed by atoms with Gasteiger partial charge in [-0.3, -0.25) is 14.4 Å². The van der Waals surface area contributed by atoms with Crippen molar-refractivity contribution in [3.8, 4) is 0 Å². The molecule has 8 nitrogen and oxygen atoms in total. The molecule has 0 aliphatic heterocycles. The first-order chi connectivity index (χ1) is 26.0. The molecule has 6 N–H and O–H groups in total. The third kappa shape index (κ3) is 15.8. The zero-order valence-electron chi connectivity index (χ0n) is 34.7. The molecule has 0 saturated heterocycles. The van der Waals surface area contributed by atoms with Crippen molar-refractivity contribution in [1.29, 1.82) is 0 Å². The first-order valence-electron chi connectivity index (χ1n) is 22.5. The topological polar surface area (TPSA) is 161 Å². The van der Waals surface area contributed by atoms with Gasteiger partial charge in [-0.2, -0.15) is 0 Å². The minimum absolute atomic E-state index is 0.0528. The molecular weight excluding hydrogens is 677 g/mol. The van der Waals surface area contributed by atoms with E-state index in [0.717, 1.165) is 61.5 Å². The standard InChI is InChI=1S/C46H80N2O6/c1-4-7-10-13-17-22-27-36-31-30-35(26-21-12-9-6-3)37(28-23-18-14-11-8-5-2)38(36)29-24-19-15-16-20-25-32-46(45(53)54)34-40(44(51)52)39(42(47)49)33-41(46)43(48)50/h33-38,41H,4-32H2,1-3H3,(H2,47,49)(H2,48,50)(H,51,52)(H,53,54). The summed E-state index contributed by atoms with van der Waals surface area (Å²) in [5.41, 5.74) is 8.27. The lowest BCUT2D eigenvalue weighted by Gasteiger charge is -2.44. The number of carboxylic acids is 2. The lowest BCUT2D eigenvalue weighted by Crippen LogP contribution is -2.46. The second-order valence-electron chi connectivity index (χ2n) is 17.1. The highest BCUT2D eigenvalue weighted by Crippen LogP contribution is 2.48. The van der Waals surface area contributed by atoms with Gasteiger partial charge < -0.3 is 21.7 Å². The predicted molar refractivity (Wildman–Crippen MR) is 221 cm³/mol. The summed E-state index contributed by atoms with van der Waals surface area (Å²) in [4.78, 5) is 48.9. The van der Waals surface area contributed by atoms with Crippen molar-refractivity contribution in [2.24, 2.45) is 46.5 Å². The average molecular weight is 757 g/mol. The SMILES string of the molecule is CCCCCCCCC1CCC(CCCCCC)C(CCCCCCCC)C1CCCCCCCCC1(C(=O)O)C=C(C(=O)O)C(C(N)=O)=CC1C(N)=O. The van der Waals surface area contributed by atoms with Crippen LogP contribution in [0.3, 0.4) is 0 Å². The number of hydrogen-bond donors (Lipinski definition) is 4. The van der Waals surface area contributed by atoms with Crippen LogP contribution in [0.15, 0.2) is 23.3 Å². The van der Waals surface area contributed by atoms with Gasteiger partial charge in [0.05, 0.1) is 17.1 Å². The van der Waals surface area contributed by atoms with E-state index in [1.807, 2.05) is 0 Å². The Kier molecular flexibility index (Phi) is 23.8. The van der Waals surface area contributed by atoms with Crippen LogP contribution in [-0.2, 0) is 19.2 Å². The molecule has 0 spiro atoms. The highest BCUT2D eigenvalue weighted by Gasteiger charge is 2.50. The Morgan fingerprint density at radius 1 is 0.574 bits per heavy atom. The van der Waals surface area contributed by atoms with Crippen LogP contribution in [0.25, 0.3) is 0 Å². The number of nitrogens with two attached hydrogens (primary N) is 2. The summed E-state index contributed by atoms with van der Waals surface area (Å²) < 4.78 is 0. The van der Waals surface area contributed by atoms with Crippen LogP contribution in [0, 0.1) is 35.0 Å². The number of carboxylic acid groups (broad SMARTS) is 2. The van der Waals surface area contributed by atoms with E-state index in [2.05, 4.69) is 20.8 Å². The molecule has 6 atom stereocenters. The number of hydrogen-bond acceptors (Lipinski definition) is 4. The molecule has 0 aromatic rings. The summed E-state index contributed by atoms with van der Waals surface area (Å²) in [5, 5.41) is 20.0. The Morgan fingerprint density at radius 2 is 0.963 bits per heavy atom. The summed E-state index contributed by atoms with van der Waals surface area (Å²) >= 11 is 0. The van der Waals surface area contributed by atoms with Crippen LogP contribution >= 0.6 is 0 Å². The summed E-state index contributed by atoms with van der Waals surface area (Å²) in [6.07, 6.45) is 38.0. The Balaban J connectivity index is 2.04. The number of amides is 2. The highest BCUT2D eigenvalue weighted by molar-refractivity contribution is 6.10. The molecule has 0 bridgehead atoms. The third-order valence-electron chi connectivity index (χ3n) is 13.1. The second-order valence-corrected chi connectivity index (χ2v) is 17.1. The lowest BCUT2D eigenvalue weighted by atomic mass is 9.61. The summed E-state index contributed by atoms with van der Waals surface area (Å²) in [6, 6.07) is 0. The van der Waals surface area contributed by atoms with Gasteiger partial charge in [0.25, 0.3) is 0 Å². The molecule has 6 unspecified atom stereocenters. The molecule has 2 aliphatic rings. The fraction of sp³-hybridized carbons (Fsp3) is 0.826. The molecule has 0 aromatic carbocycles. The normalized spacial score (nSPS) is 24.2. The lowest BCUT2D eigenvalue weighted by molar-refractivity contribution is -0.151. The van der Waals surface area contributed by atoms with Crippen LogP contribution in [0.5, 0.6) is 0 Å². The van der Waals surface area contributed by atoms with E-state index < -0.39 is 40.7 Å². The molecule has 1 fully saturated rings. The number of rotatable bonds is 32. The smallest absolute Gasteiger partial charge is 0.336 e. The molecule has 2 rings (SSSR count). The summed E-state index contributed by atoms with van der Waals surface area (Å²) in [5.74, 6) is -2.66. The van der Waals surface area contributed by atoms with Gasteiger partial charge in [-0.1, -0.05) is 187 Å². The van der Waals surface area contributed by atoms with Gasteiger partial charge in [0.15, 0.2) is 0 Å². The Hall–Kier alpha value is -2.64. The largest absolute Gasteiger partial charge is 0.481 e. The van der Waals surface area contributed by atoms with Crippen LogP contribution in [-0.4, -0.2) is 34.0 Å². The van der Waals surface area contributed by atoms with Gasteiger partial charge in [0.2, 0.25) is 11.8 Å². The zero-order chi connectivity index (χ0) is 39.8. The van der Waals surface area contributed by atoms with Crippen LogP contribution in [0.4, 0.5) is 0 Å². The van der Waals surface area contributed by atoms with Gasteiger partial charge in [-0.25, -0.2) is 4.79 Å². The number of primary amides is 2. The Morgan fingerprint density at radius 3 is 1.35 bits per heavy atom. The monoisotopic (exact) mass is 757 g/mol. The minimum Gasteiger partial charge on any atom is -0.481 e. The van der Waals surface area contributed by atoms with Gasteiger partial charge in [0, 0.05) is 0 Å². The molecule has 310 valence electrons. The first kappa shape index (κ1) is 47.5. The highest BCUT2D eigenvalue weighted by atomic mass is 16.4. The van der Waals surface area contributed by atoms with Crippen LogP contribution < -0.4 is 11.5 Å². The van der Waals surface area contributed by atoms with Crippen LogP contribution in [0.1, 0.15) is 207 Å². The zero-order valence-corrected chi connectivity index (χ0v) is 34.7. The van der Waals surface area contributed by atoms with E-state index >= 15 is 0 Å². The van der Waals surface area contributed by atoms with Gasteiger partial charge in [0.1, 0.15) is 5.41 Å². The van der Waals surface area contributed by atoms with Crippen molar-refractivity contribution in [2.75, 3.05) is 0 Å². The van der Waals surface area contributed by atoms with Crippen molar-refractivity contribution in [2.45, 2.75) is 207 Å². The van der Waals surface area contributed by atoms with Gasteiger partial charge in [-0.05, 0) is 55.8 Å². The number of unbranched alkanes of at least 4 members (excludes halogenated alkanes) is 18. The van der Waals surface area contributed by atoms with Crippen LogP contribution in [0.2, 0.25) is 0 Å². The van der Waals surface area contributed by atoms with Crippen molar-refractivity contribution in [3.63, 3.8) is 0 Å². The molecule has 2 aliphatic carbocycles. The summed E-state index contributed by atoms with van der Waals surface area (Å²) in [6.45, 7) is 6.89. The predicted octanol–water partition coefficient (Wildman–Crippen LogP) is 11.4. The Bertz CT molecular complexity index is 1180. The minimum atomic E-state index is -1.83. The van der Waals surface area contributed by atoms with E-state index in [-0.39, 0.29) is 12.0 Å². The number of carbonyl (C=O) groups is 4. The van der Waals surface area contributed by atoms with Gasteiger partial charge in [-0.15, -0.1) is 0 Å². The Labute approximate surface area is 329 Å². The molecule has 54 heavy (non-hydrogen) atoms. The van der Waals surface area contributed by atoms with E-state index in [1.165, 1.54) is 148 Å². The second kappa shape index (κ2) is 27.0. The molecular formula is C46H80N2O6. The molecule has 0 aromatic heterocycles. The first-order valence-corrected chi connectivity index (χ1v) is 22.5. The fourth-order valence-corrected chi connectivity index (χ4v) is 9.94. The van der Waals surface area contributed by atoms with E-state index in [1.54, 1.807) is 0 Å². The maximum Gasteiger partial charge on any atom is 0.336 e. The average Bonchev–Trinajstić information content (AvgIpc) is 3.14. The van der Waals surface area contributed by atoms with Crippen molar-refractivity contribution in [1.82, 2.24) is 0 Å². The van der Waals surface area contributed by atoms with E-state index in [4.69, 9.17) is 11.5 Å². The quantitative estimate of drug-likeness (QED) is 0.0500. The molecule has 2 amide bonds. The molecule has 0 heterocycles. The molecule has 8 heteroatoms. The van der Waals surface area contributed by atoms with E-state index in [9.17, 15) is 29.4 Å². The number of carbonyl (C=O) groups excluding carboxylic acids is 2. The molecule has 0 radical (unpaired) electrons. The van der Waals surface area contributed by atoms with Crippen molar-refractivity contribution >= 4 is 23.8 Å². The third-order valence-corrected chi connectivity index (χ3v) is 13.1.